The molecule has 15 heteroatoms. The maximum Gasteiger partial charge on any atom is 0.408 e. The van der Waals surface area contributed by atoms with Gasteiger partial charge >= 0.3 is 6.09 Å². The normalized spacial score (nSPS) is 28.1. The monoisotopic (exact) mass is 705 g/mol. The third kappa shape index (κ3) is 8.68. The number of sulfonamides is 1. The summed E-state index contributed by atoms with van der Waals surface area (Å²) in [5.74, 6) is -2.86. The predicted octanol–water partition coefficient (Wildman–Crippen LogP) is 2.94. The summed E-state index contributed by atoms with van der Waals surface area (Å²) >= 11 is 5.97. The number of amides is 5. The Morgan fingerprint density at radius 2 is 1.73 bits per heavy atom. The standard InChI is InChI=1S/C33H44ClN5O8S/c1-32(2,3)47-31(44)36-25-10-8-6-4-5-7-9-21-18-33(21,30(43)38-48(45,46)24-15-16-24)37-28(41)26-17-23(19-39(26)29(25)42)35-27(40)20-11-13-22(34)14-12-20/h7,9,11-14,21,23-26H,4-6,8,10,15-19H2,1-3H3,(H,35,40)(H,36,44)(H,37,41)(H,38,43)/t21-,23-,25+,26+,33-/m1/s1. The van der Waals surface area contributed by atoms with Crippen molar-refractivity contribution >= 4 is 51.3 Å². The summed E-state index contributed by atoms with van der Waals surface area (Å²) < 4.78 is 33.0. The summed E-state index contributed by atoms with van der Waals surface area (Å²) in [4.78, 5) is 69.1. The van der Waals surface area contributed by atoms with Crippen molar-refractivity contribution < 1.29 is 37.1 Å². The number of nitrogens with zero attached hydrogens (tertiary/aromatic N) is 1. The lowest BCUT2D eigenvalue weighted by atomic mass is 10.0. The van der Waals surface area contributed by atoms with Crippen LogP contribution in [0, 0.1) is 5.92 Å². The number of nitrogens with one attached hydrogen (secondary N) is 4. The van der Waals surface area contributed by atoms with Crippen molar-refractivity contribution in [1.82, 2.24) is 25.6 Å². The van der Waals surface area contributed by atoms with Gasteiger partial charge in [-0.1, -0.05) is 36.6 Å². The van der Waals surface area contributed by atoms with Crippen LogP contribution in [0.4, 0.5) is 4.79 Å². The molecule has 3 fully saturated rings. The second-order valence-electron chi connectivity index (χ2n) is 14.1. The first kappa shape index (κ1) is 35.7. The fourth-order valence-corrected chi connectivity index (χ4v) is 7.71. The molecule has 0 unspecified atom stereocenters. The van der Waals surface area contributed by atoms with Crippen LogP contribution in [0.5, 0.6) is 0 Å². The van der Waals surface area contributed by atoms with E-state index in [1.54, 1.807) is 45.0 Å². The average molecular weight is 706 g/mol. The first-order valence-electron chi connectivity index (χ1n) is 16.5. The number of allylic oxidation sites excluding steroid dienone is 1. The van der Waals surface area contributed by atoms with E-state index in [4.69, 9.17) is 16.3 Å². The SMILES string of the molecule is CC(C)(C)OC(=O)N[C@H]1CCCCCC=C[C@@H]2C[C@@]2(C(=O)NS(=O)(=O)C2CC2)NC(=O)[C@@H]2C[C@@H](NC(=O)c3ccc(Cl)cc3)CN2C1=O. The third-order valence-electron chi connectivity index (χ3n) is 9.01. The molecule has 1 saturated heterocycles. The number of alkyl carbamates (subject to hydrolysis) is 1. The predicted molar refractivity (Wildman–Crippen MR) is 177 cm³/mol. The molecule has 2 heterocycles. The van der Waals surface area contributed by atoms with Crippen LogP contribution in [0.25, 0.3) is 0 Å². The van der Waals surface area contributed by atoms with Gasteiger partial charge in [-0.05, 0) is 90.0 Å². The van der Waals surface area contributed by atoms with E-state index in [-0.39, 0.29) is 19.4 Å². The van der Waals surface area contributed by atoms with Crippen LogP contribution in [-0.4, -0.2) is 84.1 Å². The Morgan fingerprint density at radius 1 is 1.02 bits per heavy atom. The number of benzene rings is 1. The molecule has 0 aromatic heterocycles. The van der Waals surface area contributed by atoms with E-state index in [0.29, 0.717) is 42.7 Å². The minimum Gasteiger partial charge on any atom is -0.444 e. The van der Waals surface area contributed by atoms with Crippen molar-refractivity contribution in [3.8, 4) is 0 Å². The van der Waals surface area contributed by atoms with Gasteiger partial charge in [0.15, 0.2) is 0 Å². The molecule has 2 saturated carbocycles. The van der Waals surface area contributed by atoms with Gasteiger partial charge in [-0.15, -0.1) is 0 Å². The zero-order valence-corrected chi connectivity index (χ0v) is 29.0. The van der Waals surface area contributed by atoms with Gasteiger partial charge in [0, 0.05) is 29.1 Å². The molecule has 2 aliphatic heterocycles. The highest BCUT2D eigenvalue weighted by atomic mass is 35.5. The second-order valence-corrected chi connectivity index (χ2v) is 16.5. The lowest BCUT2D eigenvalue weighted by Gasteiger charge is -2.30. The van der Waals surface area contributed by atoms with Crippen molar-refractivity contribution in [1.29, 1.82) is 0 Å². The van der Waals surface area contributed by atoms with Crippen LogP contribution in [0.15, 0.2) is 36.4 Å². The molecule has 1 aromatic rings. The first-order chi connectivity index (χ1) is 22.6. The van der Waals surface area contributed by atoms with Gasteiger partial charge < -0.3 is 25.6 Å². The summed E-state index contributed by atoms with van der Waals surface area (Å²) in [6.45, 7) is 5.09. The highest BCUT2D eigenvalue weighted by Crippen LogP contribution is 2.46. The van der Waals surface area contributed by atoms with E-state index in [1.165, 1.54) is 4.90 Å². The summed E-state index contributed by atoms with van der Waals surface area (Å²) in [6, 6.07) is 3.48. The fraction of sp³-hybridized carbons (Fsp3) is 0.606. The Morgan fingerprint density at radius 3 is 2.40 bits per heavy atom. The van der Waals surface area contributed by atoms with Crippen LogP contribution >= 0.6 is 11.6 Å². The zero-order chi connectivity index (χ0) is 34.9. The molecule has 48 heavy (non-hydrogen) atoms. The van der Waals surface area contributed by atoms with Crippen LogP contribution < -0.4 is 20.7 Å². The third-order valence-corrected chi connectivity index (χ3v) is 11.1. The van der Waals surface area contributed by atoms with Crippen LogP contribution in [0.2, 0.25) is 5.02 Å². The lowest BCUT2D eigenvalue weighted by Crippen LogP contribution is -2.58. The number of ether oxygens (including phenoxy) is 1. The smallest absolute Gasteiger partial charge is 0.408 e. The second kappa shape index (κ2) is 14.1. The van der Waals surface area contributed by atoms with Crippen molar-refractivity contribution in [3.05, 3.63) is 47.0 Å². The summed E-state index contributed by atoms with van der Waals surface area (Å²) in [5, 5.41) is 8.21. The number of hydrogen-bond acceptors (Lipinski definition) is 8. The quantitative estimate of drug-likeness (QED) is 0.326. The Labute approximate surface area is 286 Å². The average Bonchev–Trinajstić information content (AvgIpc) is 3.92. The van der Waals surface area contributed by atoms with Gasteiger partial charge in [0.05, 0.1) is 5.25 Å². The molecular weight excluding hydrogens is 662 g/mol. The molecule has 0 bridgehead atoms. The van der Waals surface area contributed by atoms with Crippen molar-refractivity contribution in [2.24, 2.45) is 5.92 Å². The summed E-state index contributed by atoms with van der Waals surface area (Å²) in [7, 11) is -3.89. The van der Waals surface area contributed by atoms with E-state index >= 15 is 0 Å². The highest BCUT2D eigenvalue weighted by Gasteiger charge is 2.62. The number of fused-ring (bicyclic) bond motifs is 2. The molecule has 4 N–H and O–H groups in total. The number of hydrogen-bond donors (Lipinski definition) is 4. The van der Waals surface area contributed by atoms with E-state index < -0.39 is 80.2 Å². The Hall–Kier alpha value is -3.65. The molecule has 0 radical (unpaired) electrons. The van der Waals surface area contributed by atoms with E-state index in [2.05, 4.69) is 20.7 Å². The van der Waals surface area contributed by atoms with Crippen molar-refractivity contribution in [2.45, 2.75) is 113 Å². The molecule has 1 aromatic carbocycles. The summed E-state index contributed by atoms with van der Waals surface area (Å²) in [6.07, 6.45) is 7.25. The van der Waals surface area contributed by atoms with Gasteiger partial charge in [0.1, 0.15) is 23.2 Å². The van der Waals surface area contributed by atoms with Crippen molar-refractivity contribution in [2.75, 3.05) is 6.54 Å². The van der Waals surface area contributed by atoms with Gasteiger partial charge in [0.2, 0.25) is 21.8 Å². The fourth-order valence-electron chi connectivity index (χ4n) is 6.22. The number of rotatable bonds is 6. The molecule has 0 spiro atoms. The zero-order valence-electron chi connectivity index (χ0n) is 27.4. The summed E-state index contributed by atoms with van der Waals surface area (Å²) in [5.41, 5.74) is -1.98. The first-order valence-corrected chi connectivity index (χ1v) is 18.4. The number of carbonyl (C=O) groups is 5. The van der Waals surface area contributed by atoms with Crippen molar-refractivity contribution in [3.63, 3.8) is 0 Å². The van der Waals surface area contributed by atoms with E-state index in [0.717, 1.165) is 12.8 Å². The minimum absolute atomic E-state index is 0.0225. The molecule has 262 valence electrons. The van der Waals surface area contributed by atoms with E-state index in [1.807, 2.05) is 12.2 Å². The molecule has 13 nitrogen and oxygen atoms in total. The lowest BCUT2D eigenvalue weighted by molar-refractivity contribution is -0.141. The van der Waals surface area contributed by atoms with Gasteiger partial charge in [-0.25, -0.2) is 13.2 Å². The molecule has 2 aliphatic carbocycles. The number of halogens is 1. The Bertz CT molecular complexity index is 1570. The highest BCUT2D eigenvalue weighted by molar-refractivity contribution is 7.91. The van der Waals surface area contributed by atoms with Crippen LogP contribution in [-0.2, 0) is 29.1 Å². The minimum atomic E-state index is -3.89. The molecule has 5 rings (SSSR count). The van der Waals surface area contributed by atoms with Crippen LogP contribution in [0.3, 0.4) is 0 Å². The van der Waals surface area contributed by atoms with Gasteiger partial charge in [-0.3, -0.25) is 23.9 Å². The van der Waals surface area contributed by atoms with Crippen LogP contribution in [0.1, 0.15) is 88.9 Å². The van der Waals surface area contributed by atoms with Gasteiger partial charge in [0.25, 0.3) is 11.8 Å². The molecular formula is C33H44ClN5O8S. The Kier molecular flexibility index (Phi) is 10.4. The maximum absolute atomic E-state index is 14.2. The number of carbonyl (C=O) groups excluding carboxylic acids is 5. The topological polar surface area (TPSA) is 180 Å². The maximum atomic E-state index is 14.2. The Balaban J connectivity index is 1.42. The molecule has 4 aliphatic rings. The van der Waals surface area contributed by atoms with Gasteiger partial charge in [-0.2, -0.15) is 0 Å². The molecule has 5 atom stereocenters. The molecule has 5 amide bonds. The largest absolute Gasteiger partial charge is 0.444 e. The van der Waals surface area contributed by atoms with E-state index in [9.17, 15) is 32.4 Å².